The number of ether oxygens (including phenoxy) is 2. The van der Waals surface area contributed by atoms with E-state index in [4.69, 9.17) is 15.2 Å². The number of benzene rings is 2. The van der Waals surface area contributed by atoms with E-state index in [1.807, 2.05) is 18.2 Å². The first kappa shape index (κ1) is 15.3. The summed E-state index contributed by atoms with van der Waals surface area (Å²) >= 11 is 0. The lowest BCUT2D eigenvalue weighted by atomic mass is 10.2. The van der Waals surface area contributed by atoms with Crippen LogP contribution in [-0.2, 0) is 4.79 Å². The second-order valence-corrected chi connectivity index (χ2v) is 4.42. The molecule has 0 spiro atoms. The number of hydrogen-bond donors (Lipinski definition) is 1. The van der Waals surface area contributed by atoms with Crippen molar-refractivity contribution >= 4 is 18.0 Å². The summed E-state index contributed by atoms with van der Waals surface area (Å²) in [4.78, 5) is 22.8. The Labute approximate surface area is 128 Å². The second-order valence-electron chi connectivity index (χ2n) is 4.42. The molecule has 0 aliphatic rings. The quantitative estimate of drug-likeness (QED) is 0.522. The van der Waals surface area contributed by atoms with Crippen LogP contribution in [0.3, 0.4) is 0 Å². The van der Waals surface area contributed by atoms with Gasteiger partial charge in [-0.1, -0.05) is 18.2 Å². The molecule has 0 saturated heterocycles. The fourth-order valence-corrected chi connectivity index (χ4v) is 1.77. The van der Waals surface area contributed by atoms with E-state index in [0.717, 1.165) is 5.56 Å². The molecule has 2 rings (SSSR count). The zero-order chi connectivity index (χ0) is 15.9. The smallest absolute Gasteiger partial charge is 0.336 e. The standard InChI is InChI=1S/C17H15NO4/c1-21-14-6-2-4-12(10-14)8-9-16(19)22-15-7-3-5-13(11-15)17(18)20/h2-11H,1H3,(H2,18,20)/b9-8+. The van der Waals surface area contributed by atoms with E-state index in [-0.39, 0.29) is 11.3 Å². The van der Waals surface area contributed by atoms with Crippen LogP contribution in [0.25, 0.3) is 6.08 Å². The van der Waals surface area contributed by atoms with Gasteiger partial charge in [0.05, 0.1) is 7.11 Å². The Morgan fingerprint density at radius 1 is 1.05 bits per heavy atom. The number of amides is 1. The zero-order valence-corrected chi connectivity index (χ0v) is 12.0. The van der Waals surface area contributed by atoms with Gasteiger partial charge >= 0.3 is 5.97 Å². The first-order chi connectivity index (χ1) is 10.6. The third-order valence-corrected chi connectivity index (χ3v) is 2.84. The Balaban J connectivity index is 2.04. The van der Waals surface area contributed by atoms with Crippen LogP contribution in [0.15, 0.2) is 54.6 Å². The molecule has 0 bridgehead atoms. The van der Waals surface area contributed by atoms with Crippen molar-refractivity contribution in [1.29, 1.82) is 0 Å². The molecule has 0 saturated carbocycles. The lowest BCUT2D eigenvalue weighted by molar-refractivity contribution is -0.128. The van der Waals surface area contributed by atoms with Crippen LogP contribution in [-0.4, -0.2) is 19.0 Å². The van der Waals surface area contributed by atoms with Gasteiger partial charge in [0.2, 0.25) is 5.91 Å². The first-order valence-corrected chi connectivity index (χ1v) is 6.52. The number of carbonyl (C=O) groups excluding carboxylic acids is 2. The lowest BCUT2D eigenvalue weighted by Gasteiger charge is -2.03. The van der Waals surface area contributed by atoms with E-state index < -0.39 is 11.9 Å². The van der Waals surface area contributed by atoms with Gasteiger partial charge in [0.25, 0.3) is 0 Å². The topological polar surface area (TPSA) is 78.6 Å². The number of carbonyl (C=O) groups is 2. The number of methoxy groups -OCH3 is 1. The van der Waals surface area contributed by atoms with Crippen molar-refractivity contribution in [3.63, 3.8) is 0 Å². The van der Waals surface area contributed by atoms with Gasteiger partial charge < -0.3 is 15.2 Å². The maximum atomic E-state index is 11.8. The minimum Gasteiger partial charge on any atom is -0.497 e. The Kier molecular flexibility index (Phi) is 4.93. The van der Waals surface area contributed by atoms with Crippen molar-refractivity contribution in [2.24, 2.45) is 5.73 Å². The van der Waals surface area contributed by atoms with Gasteiger partial charge in [-0.2, -0.15) is 0 Å². The normalized spacial score (nSPS) is 10.4. The molecular weight excluding hydrogens is 282 g/mol. The maximum absolute atomic E-state index is 11.8. The predicted octanol–water partition coefficient (Wildman–Crippen LogP) is 2.41. The van der Waals surface area contributed by atoms with Crippen molar-refractivity contribution < 1.29 is 19.1 Å². The average Bonchev–Trinajstić information content (AvgIpc) is 2.53. The third-order valence-electron chi connectivity index (χ3n) is 2.84. The highest BCUT2D eigenvalue weighted by molar-refractivity contribution is 5.93. The fraction of sp³-hybridized carbons (Fsp3) is 0.0588. The van der Waals surface area contributed by atoms with Gasteiger partial charge in [-0.25, -0.2) is 4.79 Å². The fourth-order valence-electron chi connectivity index (χ4n) is 1.77. The predicted molar refractivity (Wildman–Crippen MR) is 82.6 cm³/mol. The molecule has 2 aromatic carbocycles. The minimum atomic E-state index is -0.579. The summed E-state index contributed by atoms with van der Waals surface area (Å²) in [5, 5.41) is 0. The Hall–Kier alpha value is -3.08. The molecule has 22 heavy (non-hydrogen) atoms. The third kappa shape index (κ3) is 4.21. The van der Waals surface area contributed by atoms with E-state index in [0.29, 0.717) is 5.75 Å². The molecule has 0 aromatic heterocycles. The van der Waals surface area contributed by atoms with Gasteiger partial charge in [0.1, 0.15) is 11.5 Å². The molecule has 0 aliphatic heterocycles. The summed E-state index contributed by atoms with van der Waals surface area (Å²) in [5.41, 5.74) is 6.26. The SMILES string of the molecule is COc1cccc(/C=C/C(=O)Oc2cccc(C(N)=O)c2)c1. The highest BCUT2D eigenvalue weighted by atomic mass is 16.5. The molecule has 112 valence electrons. The summed E-state index contributed by atoms with van der Waals surface area (Å²) in [5.74, 6) is -0.171. The molecule has 0 fully saturated rings. The number of rotatable bonds is 5. The minimum absolute atomic E-state index is 0.261. The van der Waals surface area contributed by atoms with Crippen LogP contribution >= 0.6 is 0 Å². The Morgan fingerprint density at radius 2 is 1.77 bits per heavy atom. The largest absolute Gasteiger partial charge is 0.497 e. The lowest BCUT2D eigenvalue weighted by Crippen LogP contribution is -2.11. The van der Waals surface area contributed by atoms with Crippen LogP contribution in [0.1, 0.15) is 15.9 Å². The molecule has 5 heteroatoms. The molecule has 0 heterocycles. The molecular formula is C17H15NO4. The summed E-state index contributed by atoms with van der Waals surface area (Å²) in [6, 6.07) is 13.4. The van der Waals surface area contributed by atoms with Gasteiger partial charge in [0.15, 0.2) is 0 Å². The van der Waals surface area contributed by atoms with Crippen molar-refractivity contribution in [1.82, 2.24) is 0 Å². The summed E-state index contributed by atoms with van der Waals surface area (Å²) in [7, 11) is 1.57. The van der Waals surface area contributed by atoms with Crippen LogP contribution in [0.5, 0.6) is 11.5 Å². The van der Waals surface area contributed by atoms with Crippen LogP contribution in [0, 0.1) is 0 Å². The van der Waals surface area contributed by atoms with E-state index in [1.165, 1.54) is 12.1 Å². The Bertz CT molecular complexity index is 722. The van der Waals surface area contributed by atoms with E-state index in [9.17, 15) is 9.59 Å². The monoisotopic (exact) mass is 297 g/mol. The average molecular weight is 297 g/mol. The summed E-state index contributed by atoms with van der Waals surface area (Å²) in [6.45, 7) is 0. The van der Waals surface area contributed by atoms with Gasteiger partial charge in [-0.05, 0) is 42.0 Å². The van der Waals surface area contributed by atoms with E-state index >= 15 is 0 Å². The van der Waals surface area contributed by atoms with Crippen molar-refractivity contribution in [3.05, 3.63) is 65.7 Å². The zero-order valence-electron chi connectivity index (χ0n) is 12.0. The van der Waals surface area contributed by atoms with Gasteiger partial charge in [0, 0.05) is 11.6 Å². The number of nitrogens with two attached hydrogens (primary N) is 1. The second kappa shape index (κ2) is 7.08. The molecule has 2 aromatic rings. The summed E-state index contributed by atoms with van der Waals surface area (Å²) < 4.78 is 10.2. The molecule has 0 aliphatic carbocycles. The highest BCUT2D eigenvalue weighted by Gasteiger charge is 2.05. The van der Waals surface area contributed by atoms with Gasteiger partial charge in [-0.15, -0.1) is 0 Å². The van der Waals surface area contributed by atoms with Crippen LogP contribution in [0.4, 0.5) is 0 Å². The van der Waals surface area contributed by atoms with Crippen molar-refractivity contribution in [3.8, 4) is 11.5 Å². The molecule has 5 nitrogen and oxygen atoms in total. The number of primary amides is 1. The van der Waals surface area contributed by atoms with Crippen molar-refractivity contribution in [2.75, 3.05) is 7.11 Å². The van der Waals surface area contributed by atoms with Crippen LogP contribution < -0.4 is 15.2 Å². The maximum Gasteiger partial charge on any atom is 0.336 e. The van der Waals surface area contributed by atoms with E-state index in [2.05, 4.69) is 0 Å². The van der Waals surface area contributed by atoms with E-state index in [1.54, 1.807) is 37.5 Å². The molecule has 0 unspecified atom stereocenters. The van der Waals surface area contributed by atoms with Crippen LogP contribution in [0.2, 0.25) is 0 Å². The number of esters is 1. The molecule has 1 amide bonds. The first-order valence-electron chi connectivity index (χ1n) is 6.52. The summed E-state index contributed by atoms with van der Waals surface area (Å²) in [6.07, 6.45) is 2.91. The van der Waals surface area contributed by atoms with Gasteiger partial charge in [-0.3, -0.25) is 4.79 Å². The highest BCUT2D eigenvalue weighted by Crippen LogP contribution is 2.15. The molecule has 0 atom stereocenters. The molecule has 2 N–H and O–H groups in total. The molecule has 0 radical (unpaired) electrons. The Morgan fingerprint density at radius 3 is 2.50 bits per heavy atom. The van der Waals surface area contributed by atoms with Crippen molar-refractivity contribution in [2.45, 2.75) is 0 Å². The number of hydrogen-bond acceptors (Lipinski definition) is 4.